The summed E-state index contributed by atoms with van der Waals surface area (Å²) >= 11 is 9.08. The molecule has 2 aromatic carbocycles. The van der Waals surface area contributed by atoms with Crippen molar-refractivity contribution in [3.8, 4) is 0 Å². The summed E-state index contributed by atoms with van der Waals surface area (Å²) in [7, 11) is 2.19. The van der Waals surface area contributed by atoms with Gasteiger partial charge in [0, 0.05) is 42.4 Å². The average molecular weight is 447 g/mol. The van der Waals surface area contributed by atoms with Gasteiger partial charge in [0.05, 0.1) is 6.04 Å². The van der Waals surface area contributed by atoms with Crippen LogP contribution in [0.2, 0.25) is 0 Å². The molecule has 6 heteroatoms. The van der Waals surface area contributed by atoms with Crippen molar-refractivity contribution in [3.63, 3.8) is 0 Å². The normalized spacial score (nSPS) is 17.9. The summed E-state index contributed by atoms with van der Waals surface area (Å²) < 4.78 is 1.03. The van der Waals surface area contributed by atoms with Crippen molar-refractivity contribution in [1.29, 1.82) is 0 Å². The Morgan fingerprint density at radius 3 is 2.41 bits per heavy atom. The predicted molar refractivity (Wildman–Crippen MR) is 121 cm³/mol. The Morgan fingerprint density at radius 1 is 1.04 bits per heavy atom. The highest BCUT2D eigenvalue weighted by molar-refractivity contribution is 9.10. The van der Waals surface area contributed by atoms with Crippen LogP contribution in [-0.4, -0.2) is 54.2 Å². The minimum absolute atomic E-state index is 0.183. The zero-order valence-electron chi connectivity index (χ0n) is 15.9. The van der Waals surface area contributed by atoms with Crippen LogP contribution in [0.5, 0.6) is 0 Å². The monoisotopic (exact) mass is 446 g/mol. The maximum Gasteiger partial charge on any atom is 0.171 e. The van der Waals surface area contributed by atoms with Gasteiger partial charge in [-0.3, -0.25) is 4.90 Å². The number of rotatable bonds is 5. The van der Waals surface area contributed by atoms with Crippen molar-refractivity contribution in [1.82, 2.24) is 15.1 Å². The lowest BCUT2D eigenvalue weighted by atomic mass is 9.98. The van der Waals surface area contributed by atoms with E-state index in [-0.39, 0.29) is 12.1 Å². The van der Waals surface area contributed by atoms with Gasteiger partial charge in [-0.25, -0.2) is 0 Å². The third-order valence-corrected chi connectivity index (χ3v) is 5.70. The molecule has 2 aromatic rings. The van der Waals surface area contributed by atoms with Gasteiger partial charge >= 0.3 is 0 Å². The van der Waals surface area contributed by atoms with Crippen LogP contribution in [0.3, 0.4) is 0 Å². The number of piperazine rings is 1. The molecule has 3 rings (SSSR count). The molecule has 1 aliphatic heterocycles. The fraction of sp³-hybridized carbons (Fsp3) is 0.381. The standard InChI is InChI=1S/C21H27BrN4S/c1-16(23-21(27)24-19-10-6-9-18(22)15-19)20(17-7-4-3-5-8-17)26-13-11-25(2)12-14-26/h3-10,15-16,20H,11-14H2,1-2H3,(H2,23,24,27)/t16-,20-/m1/s1. The van der Waals surface area contributed by atoms with Gasteiger partial charge in [0.15, 0.2) is 5.11 Å². The smallest absolute Gasteiger partial charge is 0.171 e. The maximum atomic E-state index is 5.58. The molecule has 0 amide bonds. The number of anilines is 1. The summed E-state index contributed by atoms with van der Waals surface area (Å²) in [5.41, 5.74) is 2.30. The first kappa shape index (κ1) is 20.3. The average Bonchev–Trinajstić information content (AvgIpc) is 2.64. The molecule has 27 heavy (non-hydrogen) atoms. The highest BCUT2D eigenvalue weighted by atomic mass is 79.9. The van der Waals surface area contributed by atoms with Gasteiger partial charge in [-0.05, 0) is 50.0 Å². The molecule has 0 aromatic heterocycles. The Kier molecular flexibility index (Phi) is 7.24. The van der Waals surface area contributed by atoms with Crippen molar-refractivity contribution in [2.75, 3.05) is 38.5 Å². The van der Waals surface area contributed by atoms with Crippen molar-refractivity contribution >= 4 is 38.9 Å². The number of nitrogens with one attached hydrogen (secondary N) is 2. The second-order valence-electron chi connectivity index (χ2n) is 7.09. The lowest BCUT2D eigenvalue weighted by Gasteiger charge is -2.41. The van der Waals surface area contributed by atoms with Crippen LogP contribution in [-0.2, 0) is 0 Å². The first-order chi connectivity index (χ1) is 13.0. The lowest BCUT2D eigenvalue weighted by Crippen LogP contribution is -2.52. The third kappa shape index (κ3) is 5.75. The Hall–Kier alpha value is -1.47. The molecule has 1 aliphatic rings. The number of thiocarbonyl (C=S) groups is 1. The minimum Gasteiger partial charge on any atom is -0.358 e. The van der Waals surface area contributed by atoms with E-state index in [1.807, 2.05) is 24.3 Å². The van der Waals surface area contributed by atoms with Gasteiger partial charge in [0.25, 0.3) is 0 Å². The SMILES string of the molecule is C[C@@H](NC(=S)Nc1cccc(Br)c1)[C@H](c1ccccc1)N1CCN(C)CC1. The van der Waals surface area contributed by atoms with Gasteiger partial charge in [0.1, 0.15) is 0 Å². The first-order valence-corrected chi connectivity index (χ1v) is 10.5. The van der Waals surface area contributed by atoms with E-state index in [9.17, 15) is 0 Å². The molecule has 0 saturated carbocycles. The summed E-state index contributed by atoms with van der Waals surface area (Å²) in [4.78, 5) is 4.95. The molecule has 0 aliphatic carbocycles. The molecule has 0 radical (unpaired) electrons. The fourth-order valence-electron chi connectivity index (χ4n) is 3.59. The summed E-state index contributed by atoms with van der Waals surface area (Å²) in [6, 6.07) is 19.2. The molecule has 4 nitrogen and oxygen atoms in total. The molecule has 2 atom stereocenters. The van der Waals surface area contributed by atoms with Crippen molar-refractivity contribution in [2.45, 2.75) is 19.0 Å². The second kappa shape index (κ2) is 9.64. The van der Waals surface area contributed by atoms with E-state index >= 15 is 0 Å². The molecule has 0 bridgehead atoms. The summed E-state index contributed by atoms with van der Waals surface area (Å²) in [5.74, 6) is 0. The predicted octanol–water partition coefficient (Wildman–Crippen LogP) is 4.11. The van der Waals surface area contributed by atoms with E-state index < -0.39 is 0 Å². The van der Waals surface area contributed by atoms with Gasteiger partial charge in [-0.1, -0.05) is 52.3 Å². The largest absolute Gasteiger partial charge is 0.358 e. The lowest BCUT2D eigenvalue weighted by molar-refractivity contribution is 0.0973. The second-order valence-corrected chi connectivity index (χ2v) is 8.42. The van der Waals surface area contributed by atoms with Crippen molar-refractivity contribution in [2.24, 2.45) is 0 Å². The molecular weight excluding hydrogens is 420 g/mol. The van der Waals surface area contributed by atoms with Crippen LogP contribution in [0.15, 0.2) is 59.1 Å². The van der Waals surface area contributed by atoms with Crippen LogP contribution in [0.4, 0.5) is 5.69 Å². The molecule has 2 N–H and O–H groups in total. The van der Waals surface area contributed by atoms with Crippen molar-refractivity contribution in [3.05, 3.63) is 64.6 Å². The Morgan fingerprint density at radius 2 is 1.74 bits per heavy atom. The molecule has 0 unspecified atom stereocenters. The zero-order valence-corrected chi connectivity index (χ0v) is 18.3. The summed E-state index contributed by atoms with van der Waals surface area (Å²) in [5, 5.41) is 7.45. The van der Waals surface area contributed by atoms with Gasteiger partial charge in [0.2, 0.25) is 0 Å². The quantitative estimate of drug-likeness (QED) is 0.674. The Labute approximate surface area is 176 Å². The highest BCUT2D eigenvalue weighted by Crippen LogP contribution is 2.26. The van der Waals surface area contributed by atoms with E-state index in [1.165, 1.54) is 5.56 Å². The maximum absolute atomic E-state index is 5.58. The van der Waals surface area contributed by atoms with E-state index in [2.05, 4.69) is 80.7 Å². The zero-order chi connectivity index (χ0) is 19.2. The van der Waals surface area contributed by atoms with E-state index in [1.54, 1.807) is 0 Å². The summed E-state index contributed by atoms with van der Waals surface area (Å²) in [6.45, 7) is 6.53. The number of likely N-dealkylation sites (N-methyl/N-ethyl adjacent to an activating group) is 1. The van der Waals surface area contributed by atoms with Crippen LogP contribution in [0.1, 0.15) is 18.5 Å². The Bertz CT molecular complexity index is 747. The Balaban J connectivity index is 1.70. The number of nitrogens with zero attached hydrogens (tertiary/aromatic N) is 2. The van der Waals surface area contributed by atoms with Gasteiger partial charge in [-0.2, -0.15) is 0 Å². The molecule has 0 spiro atoms. The third-order valence-electron chi connectivity index (χ3n) is 4.99. The number of halogens is 1. The van der Waals surface area contributed by atoms with E-state index in [4.69, 9.17) is 12.2 Å². The fourth-order valence-corrected chi connectivity index (χ4v) is 4.29. The topological polar surface area (TPSA) is 30.5 Å². The molecule has 1 heterocycles. The van der Waals surface area contributed by atoms with Crippen LogP contribution in [0, 0.1) is 0 Å². The molecule has 144 valence electrons. The number of hydrogen-bond donors (Lipinski definition) is 2. The van der Waals surface area contributed by atoms with Crippen molar-refractivity contribution < 1.29 is 0 Å². The van der Waals surface area contributed by atoms with Crippen LogP contribution < -0.4 is 10.6 Å². The molecular formula is C21H27BrN4S. The molecule has 1 saturated heterocycles. The summed E-state index contributed by atoms with van der Waals surface area (Å²) in [6.07, 6.45) is 0. The number of benzene rings is 2. The minimum atomic E-state index is 0.183. The van der Waals surface area contributed by atoms with E-state index in [0.717, 1.165) is 36.3 Å². The number of hydrogen-bond acceptors (Lipinski definition) is 3. The highest BCUT2D eigenvalue weighted by Gasteiger charge is 2.28. The molecule has 1 fully saturated rings. The van der Waals surface area contributed by atoms with Crippen LogP contribution in [0.25, 0.3) is 0 Å². The van der Waals surface area contributed by atoms with Gasteiger partial charge < -0.3 is 15.5 Å². The first-order valence-electron chi connectivity index (χ1n) is 9.33. The van der Waals surface area contributed by atoms with E-state index in [0.29, 0.717) is 5.11 Å². The van der Waals surface area contributed by atoms with Crippen LogP contribution >= 0.6 is 28.1 Å². The van der Waals surface area contributed by atoms with Gasteiger partial charge in [-0.15, -0.1) is 0 Å².